The van der Waals surface area contributed by atoms with E-state index in [2.05, 4.69) is 21.1 Å². The first-order chi connectivity index (χ1) is 7.20. The van der Waals surface area contributed by atoms with Crippen LogP contribution in [0.1, 0.15) is 12.0 Å². The van der Waals surface area contributed by atoms with Crippen LogP contribution in [-0.2, 0) is 4.84 Å². The van der Waals surface area contributed by atoms with E-state index in [4.69, 9.17) is 10.6 Å². The number of benzene rings is 1. The van der Waals surface area contributed by atoms with Crippen molar-refractivity contribution in [3.8, 4) is 0 Å². The van der Waals surface area contributed by atoms with E-state index >= 15 is 0 Å². The van der Waals surface area contributed by atoms with Crippen molar-refractivity contribution in [1.82, 2.24) is 0 Å². The van der Waals surface area contributed by atoms with E-state index in [9.17, 15) is 4.39 Å². The molecule has 15 heavy (non-hydrogen) atoms. The van der Waals surface area contributed by atoms with Gasteiger partial charge in [-0.2, -0.15) is 0 Å². The average molecular weight is 273 g/mol. The van der Waals surface area contributed by atoms with Crippen molar-refractivity contribution in [3.05, 3.63) is 34.1 Å². The topological polar surface area (TPSA) is 47.6 Å². The second kappa shape index (κ2) is 4.28. The molecule has 80 valence electrons. The predicted molar refractivity (Wildman–Crippen MR) is 59.2 cm³/mol. The zero-order chi connectivity index (χ0) is 10.8. The molecule has 0 spiro atoms. The lowest BCUT2D eigenvalue weighted by Crippen LogP contribution is -2.20. The Morgan fingerprint density at radius 3 is 3.00 bits per heavy atom. The van der Waals surface area contributed by atoms with Crippen molar-refractivity contribution in [3.63, 3.8) is 0 Å². The summed E-state index contributed by atoms with van der Waals surface area (Å²) < 4.78 is 13.7. The summed E-state index contributed by atoms with van der Waals surface area (Å²) in [4.78, 5) is 5.07. The van der Waals surface area contributed by atoms with Crippen molar-refractivity contribution in [2.24, 2.45) is 10.9 Å². The summed E-state index contributed by atoms with van der Waals surface area (Å²) in [7, 11) is 0. The molecule has 0 saturated heterocycles. The van der Waals surface area contributed by atoms with Gasteiger partial charge in [-0.25, -0.2) is 4.39 Å². The van der Waals surface area contributed by atoms with Crippen LogP contribution in [-0.4, -0.2) is 18.4 Å². The Kier molecular flexibility index (Phi) is 3.02. The fraction of sp³-hybridized carbons (Fsp3) is 0.300. The smallest absolute Gasteiger partial charge is 0.145 e. The number of hydrogen-bond acceptors (Lipinski definition) is 3. The van der Waals surface area contributed by atoms with Gasteiger partial charge in [0.25, 0.3) is 0 Å². The molecule has 5 heteroatoms. The quantitative estimate of drug-likeness (QED) is 0.896. The third kappa shape index (κ3) is 2.18. The third-order valence-corrected chi connectivity index (χ3v) is 2.89. The Morgan fingerprint density at radius 1 is 1.60 bits per heavy atom. The van der Waals surface area contributed by atoms with Crippen LogP contribution in [0.5, 0.6) is 0 Å². The molecule has 0 unspecified atom stereocenters. The highest BCUT2D eigenvalue weighted by atomic mass is 79.9. The zero-order valence-corrected chi connectivity index (χ0v) is 9.50. The molecule has 0 amide bonds. The molecule has 1 atom stereocenters. The maximum atomic E-state index is 13.2. The van der Waals surface area contributed by atoms with Gasteiger partial charge in [-0.3, -0.25) is 0 Å². The van der Waals surface area contributed by atoms with E-state index in [0.717, 1.165) is 11.3 Å². The Balaban J connectivity index is 2.21. The molecule has 1 aromatic carbocycles. The molecule has 0 aromatic heterocycles. The third-order valence-electron chi connectivity index (χ3n) is 2.25. The average Bonchev–Trinajstić information content (AvgIpc) is 2.70. The van der Waals surface area contributed by atoms with Gasteiger partial charge < -0.3 is 10.6 Å². The molecule has 0 radical (unpaired) electrons. The van der Waals surface area contributed by atoms with Crippen molar-refractivity contribution in [2.45, 2.75) is 12.5 Å². The number of nitrogens with zero attached hydrogens (tertiary/aromatic N) is 1. The first-order valence-corrected chi connectivity index (χ1v) is 5.38. The fourth-order valence-corrected chi connectivity index (χ4v) is 1.65. The van der Waals surface area contributed by atoms with Gasteiger partial charge >= 0.3 is 0 Å². The van der Waals surface area contributed by atoms with Crippen LogP contribution < -0.4 is 5.73 Å². The van der Waals surface area contributed by atoms with Crippen LogP contribution in [0.15, 0.2) is 27.8 Å². The molecule has 3 nitrogen and oxygen atoms in total. The van der Waals surface area contributed by atoms with E-state index in [1.165, 1.54) is 6.07 Å². The van der Waals surface area contributed by atoms with Crippen molar-refractivity contribution < 1.29 is 9.23 Å². The molecule has 0 fully saturated rings. The van der Waals surface area contributed by atoms with Crippen LogP contribution in [0, 0.1) is 5.82 Å². The van der Waals surface area contributed by atoms with Crippen molar-refractivity contribution in [2.75, 3.05) is 6.54 Å². The van der Waals surface area contributed by atoms with Gasteiger partial charge in [-0.05, 0) is 28.1 Å². The summed E-state index contributed by atoms with van der Waals surface area (Å²) in [6, 6.07) is 4.89. The van der Waals surface area contributed by atoms with E-state index in [1.54, 1.807) is 12.1 Å². The van der Waals surface area contributed by atoms with Gasteiger partial charge in [0.1, 0.15) is 11.9 Å². The summed E-state index contributed by atoms with van der Waals surface area (Å²) in [5, 5.41) is 3.88. The summed E-state index contributed by atoms with van der Waals surface area (Å²) in [6.07, 6.45) is 0.559. The maximum absolute atomic E-state index is 13.2. The van der Waals surface area contributed by atoms with Gasteiger partial charge in [0.15, 0.2) is 0 Å². The number of hydrogen-bond donors (Lipinski definition) is 1. The second-order valence-corrected chi connectivity index (χ2v) is 4.19. The Morgan fingerprint density at radius 2 is 2.40 bits per heavy atom. The molecular weight excluding hydrogens is 263 g/mol. The molecule has 1 aliphatic rings. The Bertz CT molecular complexity index is 408. The Hall–Kier alpha value is -0.940. The molecule has 1 aliphatic heterocycles. The Labute approximate surface area is 95.2 Å². The summed E-state index contributed by atoms with van der Waals surface area (Å²) in [5.74, 6) is -0.300. The normalized spacial score (nSPS) is 19.9. The molecule has 1 aromatic rings. The van der Waals surface area contributed by atoms with Gasteiger partial charge in [0.05, 0.1) is 10.2 Å². The minimum atomic E-state index is -0.300. The number of oxime groups is 1. The van der Waals surface area contributed by atoms with Crippen LogP contribution in [0.25, 0.3) is 0 Å². The van der Waals surface area contributed by atoms with Gasteiger partial charge in [-0.1, -0.05) is 11.2 Å². The van der Waals surface area contributed by atoms with E-state index in [1.807, 2.05) is 0 Å². The molecule has 0 aliphatic carbocycles. The largest absolute Gasteiger partial charge is 0.390 e. The lowest BCUT2D eigenvalue weighted by molar-refractivity contribution is 0.0918. The van der Waals surface area contributed by atoms with Crippen molar-refractivity contribution in [1.29, 1.82) is 0 Å². The minimum Gasteiger partial charge on any atom is -0.390 e. The maximum Gasteiger partial charge on any atom is 0.145 e. The molecule has 0 saturated carbocycles. The van der Waals surface area contributed by atoms with Crippen LogP contribution >= 0.6 is 15.9 Å². The first kappa shape index (κ1) is 10.6. The van der Waals surface area contributed by atoms with Crippen LogP contribution in [0.3, 0.4) is 0 Å². The van der Waals surface area contributed by atoms with Gasteiger partial charge in [-0.15, -0.1) is 0 Å². The summed E-state index contributed by atoms with van der Waals surface area (Å²) in [5.41, 5.74) is 6.94. The number of rotatable bonds is 2. The lowest BCUT2D eigenvalue weighted by atomic mass is 10.1. The van der Waals surface area contributed by atoms with Gasteiger partial charge in [0.2, 0.25) is 0 Å². The summed E-state index contributed by atoms with van der Waals surface area (Å²) >= 11 is 3.10. The monoisotopic (exact) mass is 272 g/mol. The van der Waals surface area contributed by atoms with Crippen LogP contribution in [0.2, 0.25) is 0 Å². The SMILES string of the molecule is NC[C@H]1CC(c2ccc(Br)c(F)c2)=NO1. The second-order valence-electron chi connectivity index (χ2n) is 3.33. The molecule has 1 heterocycles. The minimum absolute atomic E-state index is 0.0771. The molecule has 2 rings (SSSR count). The van der Waals surface area contributed by atoms with Crippen LogP contribution in [0.4, 0.5) is 4.39 Å². The summed E-state index contributed by atoms with van der Waals surface area (Å²) in [6.45, 7) is 0.423. The lowest BCUT2D eigenvalue weighted by Gasteiger charge is -2.02. The van der Waals surface area contributed by atoms with E-state index in [0.29, 0.717) is 17.4 Å². The van der Waals surface area contributed by atoms with Crippen molar-refractivity contribution >= 4 is 21.6 Å². The standard InChI is InChI=1S/C10H10BrFN2O/c11-8-2-1-6(3-9(8)12)10-4-7(5-13)15-14-10/h1-3,7H,4-5,13H2/t7-/m1/s1. The molecule has 2 N–H and O–H groups in total. The predicted octanol–water partition coefficient (Wildman–Crippen LogP) is 2.04. The van der Waals surface area contributed by atoms with Gasteiger partial charge in [0, 0.05) is 18.5 Å². The fourth-order valence-electron chi connectivity index (χ4n) is 1.40. The van der Waals surface area contributed by atoms with E-state index in [-0.39, 0.29) is 11.9 Å². The highest BCUT2D eigenvalue weighted by molar-refractivity contribution is 9.10. The highest BCUT2D eigenvalue weighted by Gasteiger charge is 2.21. The first-order valence-electron chi connectivity index (χ1n) is 4.59. The molecule has 0 bridgehead atoms. The van der Waals surface area contributed by atoms with E-state index < -0.39 is 0 Å². The number of halogens is 2. The zero-order valence-electron chi connectivity index (χ0n) is 7.91. The highest BCUT2D eigenvalue weighted by Crippen LogP contribution is 2.20. The molecular formula is C10H10BrFN2O. The number of nitrogens with two attached hydrogens (primary N) is 1.